The normalized spacial score (nSPS) is 25.6. The lowest BCUT2D eigenvalue weighted by molar-refractivity contribution is -0.118. The van der Waals surface area contributed by atoms with E-state index in [2.05, 4.69) is 25.7 Å². The van der Waals surface area contributed by atoms with Crippen LogP contribution < -0.4 is 0 Å². The van der Waals surface area contributed by atoms with E-state index in [0.29, 0.717) is 18.2 Å². The average molecular weight is 197 g/mol. The number of Topliss-reactive ketones (excluding diaryl/α,β-unsaturated/α-hetero) is 1. The van der Waals surface area contributed by atoms with Crippen molar-refractivity contribution >= 4 is 5.78 Å². The first-order valence-electron chi connectivity index (χ1n) is 5.74. The molecule has 0 saturated carbocycles. The van der Waals surface area contributed by atoms with Crippen LogP contribution in [0.2, 0.25) is 0 Å². The molecule has 2 unspecified atom stereocenters. The van der Waals surface area contributed by atoms with Gasteiger partial charge in [-0.25, -0.2) is 0 Å². The van der Waals surface area contributed by atoms with Crippen molar-refractivity contribution in [3.63, 3.8) is 0 Å². The molecule has 1 aliphatic rings. The summed E-state index contributed by atoms with van der Waals surface area (Å²) in [5, 5.41) is 0. The number of hydrogen-bond acceptors (Lipinski definition) is 2. The highest BCUT2D eigenvalue weighted by Crippen LogP contribution is 2.25. The summed E-state index contributed by atoms with van der Waals surface area (Å²) in [4.78, 5) is 13.5. The standard InChI is InChI=1S/C12H23NO/c1-9(2)12-5-6-13(8-12)10(3)7-11(4)14/h9-10,12H,5-8H2,1-4H3. The van der Waals surface area contributed by atoms with Crippen molar-refractivity contribution in [3.05, 3.63) is 0 Å². The molecule has 1 saturated heterocycles. The van der Waals surface area contributed by atoms with Gasteiger partial charge in [-0.3, -0.25) is 9.69 Å². The monoisotopic (exact) mass is 197 g/mol. The van der Waals surface area contributed by atoms with Gasteiger partial charge in [0.2, 0.25) is 0 Å². The van der Waals surface area contributed by atoms with Gasteiger partial charge in [0, 0.05) is 19.0 Å². The maximum absolute atomic E-state index is 11.0. The molecule has 2 atom stereocenters. The Morgan fingerprint density at radius 3 is 2.50 bits per heavy atom. The Hall–Kier alpha value is -0.370. The molecule has 2 heteroatoms. The number of carbonyl (C=O) groups excluding carboxylic acids is 1. The molecule has 1 aliphatic heterocycles. The van der Waals surface area contributed by atoms with Gasteiger partial charge in [-0.2, -0.15) is 0 Å². The van der Waals surface area contributed by atoms with Crippen LogP contribution >= 0.6 is 0 Å². The molecular formula is C12H23NO. The van der Waals surface area contributed by atoms with Gasteiger partial charge in [0.05, 0.1) is 0 Å². The van der Waals surface area contributed by atoms with Gasteiger partial charge in [0.25, 0.3) is 0 Å². The topological polar surface area (TPSA) is 20.3 Å². The first-order valence-corrected chi connectivity index (χ1v) is 5.74. The van der Waals surface area contributed by atoms with Crippen LogP contribution in [0.25, 0.3) is 0 Å². The zero-order valence-corrected chi connectivity index (χ0v) is 9.92. The molecule has 82 valence electrons. The maximum Gasteiger partial charge on any atom is 0.131 e. The van der Waals surface area contributed by atoms with Crippen LogP contribution in [0.3, 0.4) is 0 Å². The third-order valence-electron chi connectivity index (χ3n) is 3.41. The van der Waals surface area contributed by atoms with E-state index in [4.69, 9.17) is 0 Å². The fourth-order valence-corrected chi connectivity index (χ4v) is 2.31. The fraction of sp³-hybridized carbons (Fsp3) is 0.917. The molecule has 14 heavy (non-hydrogen) atoms. The lowest BCUT2D eigenvalue weighted by atomic mass is 9.95. The minimum absolute atomic E-state index is 0.311. The zero-order valence-electron chi connectivity index (χ0n) is 9.92. The lowest BCUT2D eigenvalue weighted by Crippen LogP contribution is -2.32. The van der Waals surface area contributed by atoms with Crippen LogP contribution in [-0.2, 0) is 4.79 Å². The van der Waals surface area contributed by atoms with Crippen LogP contribution in [0.5, 0.6) is 0 Å². The molecule has 1 rings (SSSR count). The summed E-state index contributed by atoms with van der Waals surface area (Å²) >= 11 is 0. The van der Waals surface area contributed by atoms with Crippen molar-refractivity contribution in [2.24, 2.45) is 11.8 Å². The van der Waals surface area contributed by atoms with E-state index in [1.54, 1.807) is 6.92 Å². The molecule has 0 aromatic carbocycles. The van der Waals surface area contributed by atoms with E-state index in [9.17, 15) is 4.79 Å². The van der Waals surface area contributed by atoms with Crippen LogP contribution in [0, 0.1) is 11.8 Å². The van der Waals surface area contributed by atoms with Gasteiger partial charge in [0.15, 0.2) is 0 Å². The second-order valence-corrected chi connectivity index (χ2v) is 5.04. The van der Waals surface area contributed by atoms with E-state index >= 15 is 0 Å². The predicted molar refractivity (Wildman–Crippen MR) is 59.3 cm³/mol. The smallest absolute Gasteiger partial charge is 0.131 e. The summed E-state index contributed by atoms with van der Waals surface area (Å²) in [5.41, 5.74) is 0. The fourth-order valence-electron chi connectivity index (χ4n) is 2.31. The summed E-state index contributed by atoms with van der Waals surface area (Å²) in [6.45, 7) is 10.8. The number of nitrogens with zero attached hydrogens (tertiary/aromatic N) is 1. The lowest BCUT2D eigenvalue weighted by Gasteiger charge is -2.24. The van der Waals surface area contributed by atoms with E-state index in [-0.39, 0.29) is 0 Å². The predicted octanol–water partition coefficient (Wildman–Crippen LogP) is 2.33. The third kappa shape index (κ3) is 3.09. The second kappa shape index (κ2) is 4.92. The molecule has 0 aromatic heterocycles. The van der Waals surface area contributed by atoms with Crippen molar-refractivity contribution in [2.45, 2.75) is 46.6 Å². The van der Waals surface area contributed by atoms with E-state index in [0.717, 1.165) is 11.8 Å². The van der Waals surface area contributed by atoms with Crippen molar-refractivity contribution in [1.82, 2.24) is 4.90 Å². The van der Waals surface area contributed by atoms with Crippen molar-refractivity contribution in [2.75, 3.05) is 13.1 Å². The molecule has 1 fully saturated rings. The van der Waals surface area contributed by atoms with Crippen molar-refractivity contribution < 1.29 is 4.79 Å². The van der Waals surface area contributed by atoms with Gasteiger partial charge in [-0.15, -0.1) is 0 Å². The van der Waals surface area contributed by atoms with Crippen LogP contribution in [0.15, 0.2) is 0 Å². The molecule has 0 N–H and O–H groups in total. The highest BCUT2D eigenvalue weighted by molar-refractivity contribution is 5.76. The van der Waals surface area contributed by atoms with Gasteiger partial charge in [0.1, 0.15) is 5.78 Å². The Morgan fingerprint density at radius 2 is 2.07 bits per heavy atom. The second-order valence-electron chi connectivity index (χ2n) is 5.04. The Balaban J connectivity index is 2.37. The largest absolute Gasteiger partial charge is 0.300 e. The van der Waals surface area contributed by atoms with Crippen LogP contribution in [0.4, 0.5) is 0 Å². The van der Waals surface area contributed by atoms with Crippen molar-refractivity contribution in [1.29, 1.82) is 0 Å². The summed E-state index contributed by atoms with van der Waals surface area (Å²) in [7, 11) is 0. The zero-order chi connectivity index (χ0) is 10.7. The van der Waals surface area contributed by atoms with Crippen molar-refractivity contribution in [3.8, 4) is 0 Å². The minimum Gasteiger partial charge on any atom is -0.300 e. The highest BCUT2D eigenvalue weighted by atomic mass is 16.1. The average Bonchev–Trinajstić information content (AvgIpc) is 2.50. The third-order valence-corrected chi connectivity index (χ3v) is 3.41. The Morgan fingerprint density at radius 1 is 1.43 bits per heavy atom. The quantitative estimate of drug-likeness (QED) is 0.689. The molecule has 0 aromatic rings. The summed E-state index contributed by atoms with van der Waals surface area (Å²) in [6, 6.07) is 0.441. The van der Waals surface area contributed by atoms with Crippen LogP contribution in [-0.4, -0.2) is 29.8 Å². The molecule has 0 bridgehead atoms. The van der Waals surface area contributed by atoms with Gasteiger partial charge in [-0.1, -0.05) is 13.8 Å². The Kier molecular flexibility index (Phi) is 4.11. The number of hydrogen-bond donors (Lipinski definition) is 0. The van der Waals surface area contributed by atoms with Crippen LogP contribution in [0.1, 0.15) is 40.5 Å². The molecular weight excluding hydrogens is 174 g/mol. The maximum atomic E-state index is 11.0. The molecule has 0 aliphatic carbocycles. The van der Waals surface area contributed by atoms with Gasteiger partial charge < -0.3 is 0 Å². The molecule has 0 amide bonds. The molecule has 1 heterocycles. The highest BCUT2D eigenvalue weighted by Gasteiger charge is 2.27. The number of likely N-dealkylation sites (tertiary alicyclic amines) is 1. The van der Waals surface area contributed by atoms with Gasteiger partial charge in [-0.05, 0) is 38.6 Å². The number of rotatable bonds is 4. The Labute approximate surface area is 87.7 Å². The SMILES string of the molecule is CC(=O)CC(C)N1CCC(C(C)C)C1. The molecule has 0 spiro atoms. The number of carbonyl (C=O) groups is 1. The summed E-state index contributed by atoms with van der Waals surface area (Å²) < 4.78 is 0. The van der Waals surface area contributed by atoms with Gasteiger partial charge >= 0.3 is 0 Å². The first-order chi connectivity index (χ1) is 6.50. The molecule has 0 radical (unpaired) electrons. The minimum atomic E-state index is 0.311. The Bertz CT molecular complexity index is 200. The first kappa shape index (κ1) is 11.7. The summed E-state index contributed by atoms with van der Waals surface area (Å²) in [5.74, 6) is 1.93. The van der Waals surface area contributed by atoms with E-state index in [1.165, 1.54) is 19.5 Å². The molecule has 2 nitrogen and oxygen atoms in total. The summed E-state index contributed by atoms with van der Waals surface area (Å²) in [6.07, 6.45) is 2.02. The number of ketones is 1. The van der Waals surface area contributed by atoms with E-state index < -0.39 is 0 Å². The van der Waals surface area contributed by atoms with E-state index in [1.807, 2.05) is 0 Å².